The second-order valence-corrected chi connectivity index (χ2v) is 6.65. The third-order valence-electron chi connectivity index (χ3n) is 4.45. The van der Waals surface area contributed by atoms with Gasteiger partial charge in [0.05, 0.1) is 12.3 Å². The Morgan fingerprint density at radius 3 is 2.55 bits per heavy atom. The largest absolute Gasteiger partial charge is 0.494 e. The molecule has 150 valence electrons. The number of ketones is 1. The second kappa shape index (κ2) is 10.2. The Morgan fingerprint density at radius 2 is 1.83 bits per heavy atom. The molecule has 3 rings (SSSR count). The molecule has 0 spiro atoms. The third-order valence-corrected chi connectivity index (χ3v) is 4.45. The fourth-order valence-corrected chi connectivity index (χ4v) is 2.91. The summed E-state index contributed by atoms with van der Waals surface area (Å²) in [6, 6.07) is 16.7. The number of amides is 1. The molecule has 0 atom stereocenters. The van der Waals surface area contributed by atoms with Gasteiger partial charge in [-0.05, 0) is 48.4 Å². The van der Waals surface area contributed by atoms with E-state index in [0.29, 0.717) is 18.7 Å². The lowest BCUT2D eigenvalue weighted by molar-refractivity contribution is -0.121. The smallest absolute Gasteiger partial charge is 0.220 e. The fourth-order valence-electron chi connectivity index (χ4n) is 2.91. The van der Waals surface area contributed by atoms with Crippen molar-refractivity contribution in [3.63, 3.8) is 0 Å². The number of hydrogen-bond donors (Lipinski definition) is 1. The van der Waals surface area contributed by atoms with Crippen LogP contribution in [0.25, 0.3) is 5.69 Å². The van der Waals surface area contributed by atoms with Crippen molar-refractivity contribution in [3.8, 4) is 11.4 Å². The van der Waals surface area contributed by atoms with Crippen molar-refractivity contribution in [2.75, 3.05) is 6.61 Å². The normalized spacial score (nSPS) is 10.5. The van der Waals surface area contributed by atoms with E-state index in [1.807, 2.05) is 43.5 Å². The van der Waals surface area contributed by atoms with Crippen molar-refractivity contribution >= 4 is 11.7 Å². The van der Waals surface area contributed by atoms with Crippen molar-refractivity contribution in [2.45, 2.75) is 32.7 Å². The number of benzene rings is 2. The minimum Gasteiger partial charge on any atom is -0.494 e. The van der Waals surface area contributed by atoms with E-state index in [2.05, 4.69) is 10.4 Å². The molecule has 0 aliphatic rings. The molecule has 0 saturated heterocycles. The Balaban J connectivity index is 1.49. The maximum atomic E-state index is 12.3. The highest BCUT2D eigenvalue weighted by Gasteiger charge is 2.11. The summed E-state index contributed by atoms with van der Waals surface area (Å²) in [5, 5.41) is 7.13. The highest BCUT2D eigenvalue weighted by molar-refractivity contribution is 5.98. The monoisotopic (exact) mass is 391 g/mol. The van der Waals surface area contributed by atoms with Crippen molar-refractivity contribution < 1.29 is 14.3 Å². The van der Waals surface area contributed by atoms with Crippen molar-refractivity contribution in [3.05, 3.63) is 78.1 Å². The predicted octanol–water partition coefficient (Wildman–Crippen LogP) is 3.94. The number of hydrogen-bond acceptors (Lipinski definition) is 4. The van der Waals surface area contributed by atoms with Crippen molar-refractivity contribution in [1.82, 2.24) is 15.1 Å². The van der Waals surface area contributed by atoms with Gasteiger partial charge in [0.25, 0.3) is 0 Å². The zero-order valence-electron chi connectivity index (χ0n) is 16.5. The molecule has 29 heavy (non-hydrogen) atoms. The van der Waals surface area contributed by atoms with Gasteiger partial charge in [0.2, 0.25) is 5.91 Å². The minimum absolute atomic E-state index is 0.0564. The van der Waals surface area contributed by atoms with Gasteiger partial charge in [-0.2, -0.15) is 5.10 Å². The number of carbonyl (C=O) groups excluding carboxylic acids is 2. The Hall–Kier alpha value is -3.41. The van der Waals surface area contributed by atoms with Crippen LogP contribution in [-0.2, 0) is 11.3 Å². The highest BCUT2D eigenvalue weighted by atomic mass is 16.5. The van der Waals surface area contributed by atoms with Gasteiger partial charge in [0.15, 0.2) is 5.78 Å². The summed E-state index contributed by atoms with van der Waals surface area (Å²) in [6.45, 7) is 3.07. The van der Waals surface area contributed by atoms with E-state index in [9.17, 15) is 9.59 Å². The number of carbonyl (C=O) groups is 2. The first-order valence-electron chi connectivity index (χ1n) is 9.78. The van der Waals surface area contributed by atoms with E-state index in [4.69, 9.17) is 4.74 Å². The van der Waals surface area contributed by atoms with E-state index in [0.717, 1.165) is 23.4 Å². The number of para-hydroxylation sites is 1. The molecule has 1 amide bonds. The first-order chi connectivity index (χ1) is 14.2. The highest BCUT2D eigenvalue weighted by Crippen LogP contribution is 2.15. The van der Waals surface area contributed by atoms with E-state index in [1.165, 1.54) is 0 Å². The zero-order chi connectivity index (χ0) is 20.5. The van der Waals surface area contributed by atoms with Crippen LogP contribution in [0.2, 0.25) is 0 Å². The molecule has 6 heteroatoms. The van der Waals surface area contributed by atoms with Gasteiger partial charge in [0, 0.05) is 37.3 Å². The summed E-state index contributed by atoms with van der Waals surface area (Å²) < 4.78 is 7.28. The molecule has 0 unspecified atom stereocenters. The molecule has 0 radical (unpaired) electrons. The molecular weight excluding hydrogens is 366 g/mol. The van der Waals surface area contributed by atoms with Crippen LogP contribution in [-0.4, -0.2) is 28.1 Å². The Bertz CT molecular complexity index is 934. The Morgan fingerprint density at radius 1 is 1.03 bits per heavy atom. The number of nitrogens with one attached hydrogen (secondary N) is 1. The zero-order valence-corrected chi connectivity index (χ0v) is 16.5. The molecule has 0 aliphatic heterocycles. The van der Waals surface area contributed by atoms with E-state index in [-0.39, 0.29) is 24.5 Å². The Labute approximate surface area is 170 Å². The molecule has 6 nitrogen and oxygen atoms in total. The van der Waals surface area contributed by atoms with Gasteiger partial charge in [0.1, 0.15) is 5.75 Å². The van der Waals surface area contributed by atoms with Gasteiger partial charge in [-0.15, -0.1) is 0 Å². The first-order valence-corrected chi connectivity index (χ1v) is 9.78. The summed E-state index contributed by atoms with van der Waals surface area (Å²) >= 11 is 0. The topological polar surface area (TPSA) is 73.2 Å². The summed E-state index contributed by atoms with van der Waals surface area (Å²) in [4.78, 5) is 24.5. The third kappa shape index (κ3) is 5.78. The molecule has 2 aromatic carbocycles. The summed E-state index contributed by atoms with van der Waals surface area (Å²) in [5.74, 6) is 0.535. The number of nitrogens with zero attached hydrogens (tertiary/aromatic N) is 2. The van der Waals surface area contributed by atoms with Crippen LogP contribution in [0.1, 0.15) is 42.1 Å². The summed E-state index contributed by atoms with van der Waals surface area (Å²) in [6.07, 6.45) is 4.82. The molecule has 0 aliphatic carbocycles. The molecular formula is C23H25N3O3. The molecule has 3 aromatic rings. The van der Waals surface area contributed by atoms with E-state index in [1.54, 1.807) is 35.1 Å². The van der Waals surface area contributed by atoms with Gasteiger partial charge in [-0.3, -0.25) is 9.59 Å². The van der Waals surface area contributed by atoms with Crippen LogP contribution >= 0.6 is 0 Å². The van der Waals surface area contributed by atoms with Crippen molar-refractivity contribution in [2.24, 2.45) is 0 Å². The lowest BCUT2D eigenvalue weighted by Gasteiger charge is -2.11. The second-order valence-electron chi connectivity index (χ2n) is 6.65. The maximum Gasteiger partial charge on any atom is 0.220 e. The molecule has 0 fully saturated rings. The standard InChI is InChI=1S/C23H25N3O3/c1-2-16-29-20-10-8-18(9-11-20)22(27)12-13-23(28)24-17-19-6-3-4-7-21(19)26-15-5-14-25-26/h3-11,14-15H,2,12-13,16-17H2,1H3,(H,24,28). The number of aromatic nitrogens is 2. The summed E-state index contributed by atoms with van der Waals surface area (Å²) in [5.41, 5.74) is 2.46. The summed E-state index contributed by atoms with van der Waals surface area (Å²) in [7, 11) is 0. The van der Waals surface area contributed by atoms with Crippen LogP contribution < -0.4 is 10.1 Å². The van der Waals surface area contributed by atoms with E-state index < -0.39 is 0 Å². The molecule has 1 aromatic heterocycles. The maximum absolute atomic E-state index is 12.3. The minimum atomic E-state index is -0.156. The lowest BCUT2D eigenvalue weighted by Crippen LogP contribution is -2.24. The number of Topliss-reactive ketones (excluding diaryl/α,β-unsaturated/α-hetero) is 1. The van der Waals surface area contributed by atoms with Gasteiger partial charge in [-0.25, -0.2) is 4.68 Å². The van der Waals surface area contributed by atoms with Gasteiger partial charge < -0.3 is 10.1 Å². The molecule has 1 heterocycles. The Kier molecular flexibility index (Phi) is 7.16. The molecule has 0 bridgehead atoms. The number of rotatable bonds is 10. The van der Waals surface area contributed by atoms with E-state index >= 15 is 0 Å². The molecule has 0 saturated carbocycles. The van der Waals surface area contributed by atoms with Crippen LogP contribution in [0.5, 0.6) is 5.75 Å². The van der Waals surface area contributed by atoms with Crippen LogP contribution in [0.15, 0.2) is 67.0 Å². The first kappa shape index (κ1) is 20.3. The number of ether oxygens (including phenoxy) is 1. The van der Waals surface area contributed by atoms with Crippen LogP contribution in [0.3, 0.4) is 0 Å². The van der Waals surface area contributed by atoms with Gasteiger partial charge >= 0.3 is 0 Å². The lowest BCUT2D eigenvalue weighted by atomic mass is 10.1. The fraction of sp³-hybridized carbons (Fsp3) is 0.261. The predicted molar refractivity (Wildman–Crippen MR) is 111 cm³/mol. The van der Waals surface area contributed by atoms with Gasteiger partial charge in [-0.1, -0.05) is 25.1 Å². The average Bonchev–Trinajstić information content (AvgIpc) is 3.30. The van der Waals surface area contributed by atoms with Crippen molar-refractivity contribution in [1.29, 1.82) is 0 Å². The molecule has 1 N–H and O–H groups in total. The average molecular weight is 391 g/mol. The van der Waals surface area contributed by atoms with Crippen LogP contribution in [0.4, 0.5) is 0 Å². The quantitative estimate of drug-likeness (QED) is 0.531. The SMILES string of the molecule is CCCOc1ccc(C(=O)CCC(=O)NCc2ccccc2-n2cccn2)cc1. The van der Waals surface area contributed by atoms with Crippen LogP contribution in [0, 0.1) is 0 Å².